The number of rotatable bonds is 3. The molecule has 5 heteroatoms. The van der Waals surface area contributed by atoms with Crippen LogP contribution in [0.4, 0.5) is 11.5 Å². The second-order valence-electron chi connectivity index (χ2n) is 4.71. The topological polar surface area (TPSA) is 42.7 Å². The number of alkyl halides is 1. The molecule has 0 aliphatic carbocycles. The lowest BCUT2D eigenvalue weighted by Gasteiger charge is -2.13. The summed E-state index contributed by atoms with van der Waals surface area (Å²) in [6.45, 7) is 1.96. The molecular formula is C15H15ClN4. The van der Waals surface area contributed by atoms with Gasteiger partial charge in [0.2, 0.25) is 0 Å². The number of nitrogens with one attached hydrogen (secondary N) is 1. The van der Waals surface area contributed by atoms with Crippen molar-refractivity contribution in [2.24, 2.45) is 7.05 Å². The summed E-state index contributed by atoms with van der Waals surface area (Å²) in [6.07, 6.45) is 3.56. The first kappa shape index (κ1) is 12.9. The Kier molecular flexibility index (Phi) is 3.32. The summed E-state index contributed by atoms with van der Waals surface area (Å²) in [4.78, 5) is 8.78. The van der Waals surface area contributed by atoms with Gasteiger partial charge in [-0.25, -0.2) is 9.97 Å². The Hall–Kier alpha value is -2.07. The van der Waals surface area contributed by atoms with Crippen LogP contribution in [0.2, 0.25) is 0 Å². The fourth-order valence-corrected chi connectivity index (χ4v) is 2.43. The zero-order chi connectivity index (χ0) is 14.1. The third kappa shape index (κ3) is 2.23. The highest BCUT2D eigenvalue weighted by atomic mass is 35.5. The molecule has 1 unspecified atom stereocenters. The van der Waals surface area contributed by atoms with Crippen molar-refractivity contribution in [1.82, 2.24) is 14.5 Å². The molecule has 102 valence electrons. The number of pyridine rings is 1. The number of nitrogens with zero attached hydrogens (tertiary/aromatic N) is 3. The molecule has 2 heterocycles. The van der Waals surface area contributed by atoms with Gasteiger partial charge in [0.15, 0.2) is 5.82 Å². The molecule has 3 aromatic rings. The van der Waals surface area contributed by atoms with Crippen molar-refractivity contribution in [3.8, 4) is 0 Å². The van der Waals surface area contributed by atoms with Crippen LogP contribution in [-0.2, 0) is 7.05 Å². The molecular weight excluding hydrogens is 272 g/mol. The number of halogens is 1. The Labute approximate surface area is 122 Å². The van der Waals surface area contributed by atoms with Crippen LogP contribution in [0.15, 0.2) is 42.9 Å². The van der Waals surface area contributed by atoms with Crippen molar-refractivity contribution >= 4 is 34.1 Å². The van der Waals surface area contributed by atoms with E-state index in [1.807, 2.05) is 48.9 Å². The van der Waals surface area contributed by atoms with E-state index >= 15 is 0 Å². The summed E-state index contributed by atoms with van der Waals surface area (Å²) in [5.41, 5.74) is 3.90. The number of anilines is 2. The van der Waals surface area contributed by atoms with E-state index in [-0.39, 0.29) is 5.38 Å². The molecule has 20 heavy (non-hydrogen) atoms. The Morgan fingerprint density at radius 3 is 2.80 bits per heavy atom. The molecule has 3 rings (SSSR count). The summed E-state index contributed by atoms with van der Waals surface area (Å²) >= 11 is 6.22. The lowest BCUT2D eigenvalue weighted by atomic mass is 10.1. The smallest absolute Gasteiger partial charge is 0.158 e. The highest BCUT2D eigenvalue weighted by Gasteiger charge is 2.11. The van der Waals surface area contributed by atoms with Gasteiger partial charge in [-0.2, -0.15) is 0 Å². The number of aryl methyl sites for hydroxylation is 1. The van der Waals surface area contributed by atoms with Crippen molar-refractivity contribution in [2.45, 2.75) is 12.3 Å². The van der Waals surface area contributed by atoms with E-state index in [4.69, 9.17) is 11.6 Å². The number of aromatic nitrogens is 3. The van der Waals surface area contributed by atoms with Crippen molar-refractivity contribution in [2.75, 3.05) is 5.32 Å². The van der Waals surface area contributed by atoms with Crippen LogP contribution >= 0.6 is 11.6 Å². The minimum Gasteiger partial charge on any atom is -0.338 e. The fraction of sp³-hybridized carbons (Fsp3) is 0.200. The van der Waals surface area contributed by atoms with E-state index in [1.54, 1.807) is 12.5 Å². The monoisotopic (exact) mass is 286 g/mol. The maximum Gasteiger partial charge on any atom is 0.158 e. The molecule has 0 radical (unpaired) electrons. The summed E-state index contributed by atoms with van der Waals surface area (Å²) in [6, 6.07) is 9.91. The second kappa shape index (κ2) is 5.13. The predicted molar refractivity (Wildman–Crippen MR) is 82.5 cm³/mol. The van der Waals surface area contributed by atoms with Crippen molar-refractivity contribution in [1.29, 1.82) is 0 Å². The quantitative estimate of drug-likeness (QED) is 0.740. The summed E-state index contributed by atoms with van der Waals surface area (Å²) < 4.78 is 1.97. The van der Waals surface area contributed by atoms with Crippen LogP contribution in [0.5, 0.6) is 0 Å². The predicted octanol–water partition coefficient (Wildman–Crippen LogP) is 4.01. The molecule has 0 bridgehead atoms. The van der Waals surface area contributed by atoms with Crippen molar-refractivity contribution in [3.63, 3.8) is 0 Å². The molecule has 0 saturated carbocycles. The van der Waals surface area contributed by atoms with Gasteiger partial charge in [-0.1, -0.05) is 18.2 Å². The Morgan fingerprint density at radius 1 is 1.20 bits per heavy atom. The lowest BCUT2D eigenvalue weighted by molar-refractivity contribution is 0.947. The Balaban J connectivity index is 2.06. The average Bonchev–Trinajstić information content (AvgIpc) is 2.82. The number of hydrogen-bond acceptors (Lipinski definition) is 3. The molecule has 0 saturated heterocycles. The summed E-state index contributed by atoms with van der Waals surface area (Å²) in [5.74, 6) is 0.743. The van der Waals surface area contributed by atoms with Crippen molar-refractivity contribution < 1.29 is 0 Å². The van der Waals surface area contributed by atoms with Crippen LogP contribution in [0.25, 0.3) is 11.0 Å². The third-order valence-corrected chi connectivity index (χ3v) is 3.52. The number of para-hydroxylation sites is 1. The van der Waals surface area contributed by atoms with Gasteiger partial charge in [-0.3, -0.25) is 0 Å². The van der Waals surface area contributed by atoms with Gasteiger partial charge < -0.3 is 9.88 Å². The molecule has 0 aliphatic rings. The van der Waals surface area contributed by atoms with E-state index in [1.165, 1.54) is 0 Å². The number of hydrogen-bond donors (Lipinski definition) is 1. The normalized spacial score (nSPS) is 12.6. The summed E-state index contributed by atoms with van der Waals surface area (Å²) in [7, 11) is 1.97. The maximum absolute atomic E-state index is 6.22. The van der Waals surface area contributed by atoms with Gasteiger partial charge in [0.05, 0.1) is 17.2 Å². The molecule has 1 N–H and O–H groups in total. The minimum atomic E-state index is -0.0679. The zero-order valence-corrected chi connectivity index (χ0v) is 12.1. The number of imidazole rings is 1. The van der Waals surface area contributed by atoms with E-state index in [9.17, 15) is 0 Å². The van der Waals surface area contributed by atoms with Crippen LogP contribution in [0, 0.1) is 0 Å². The van der Waals surface area contributed by atoms with Gasteiger partial charge in [0, 0.05) is 18.9 Å². The fourth-order valence-electron chi connectivity index (χ4n) is 2.24. The Bertz CT molecular complexity index is 748. The van der Waals surface area contributed by atoms with Crippen LogP contribution in [0.3, 0.4) is 0 Å². The number of benzene rings is 1. The molecule has 0 fully saturated rings. The van der Waals surface area contributed by atoms with Gasteiger partial charge in [-0.05, 0) is 24.6 Å². The van der Waals surface area contributed by atoms with Gasteiger partial charge in [-0.15, -0.1) is 11.6 Å². The zero-order valence-electron chi connectivity index (χ0n) is 11.3. The summed E-state index contributed by atoms with van der Waals surface area (Å²) in [5, 5.41) is 3.27. The number of fused-ring (bicyclic) bond motifs is 1. The first-order chi connectivity index (χ1) is 9.66. The average molecular weight is 287 g/mol. The van der Waals surface area contributed by atoms with Crippen LogP contribution < -0.4 is 5.32 Å². The van der Waals surface area contributed by atoms with Crippen LogP contribution in [0.1, 0.15) is 17.9 Å². The molecule has 4 nitrogen and oxygen atoms in total. The van der Waals surface area contributed by atoms with E-state index < -0.39 is 0 Å². The largest absolute Gasteiger partial charge is 0.338 e. The lowest BCUT2D eigenvalue weighted by Crippen LogP contribution is -1.99. The SMILES string of the molecule is CC(Cl)c1ccccc1Nc1nccc2c1ncn2C. The van der Waals surface area contributed by atoms with Crippen molar-refractivity contribution in [3.05, 3.63) is 48.4 Å². The van der Waals surface area contributed by atoms with Crippen LogP contribution in [-0.4, -0.2) is 14.5 Å². The molecule has 0 aliphatic heterocycles. The highest BCUT2D eigenvalue weighted by molar-refractivity contribution is 6.21. The molecule has 1 atom stereocenters. The molecule has 0 spiro atoms. The molecule has 1 aromatic carbocycles. The highest BCUT2D eigenvalue weighted by Crippen LogP contribution is 2.30. The second-order valence-corrected chi connectivity index (χ2v) is 5.37. The van der Waals surface area contributed by atoms with Gasteiger partial charge >= 0.3 is 0 Å². The maximum atomic E-state index is 6.22. The minimum absolute atomic E-state index is 0.0679. The van der Waals surface area contributed by atoms with E-state index in [0.717, 1.165) is 28.1 Å². The van der Waals surface area contributed by atoms with Gasteiger partial charge in [0.1, 0.15) is 5.52 Å². The van der Waals surface area contributed by atoms with E-state index in [0.29, 0.717) is 0 Å². The Morgan fingerprint density at radius 2 is 2.00 bits per heavy atom. The molecule has 2 aromatic heterocycles. The third-order valence-electron chi connectivity index (χ3n) is 3.29. The van der Waals surface area contributed by atoms with Gasteiger partial charge in [0.25, 0.3) is 0 Å². The first-order valence-corrected chi connectivity index (χ1v) is 6.86. The first-order valence-electron chi connectivity index (χ1n) is 6.43. The molecule has 0 amide bonds. The van der Waals surface area contributed by atoms with E-state index in [2.05, 4.69) is 15.3 Å². The standard InChI is InChI=1S/C15H15ClN4/c1-10(16)11-5-3-4-6-12(11)19-15-14-13(7-8-17-15)20(2)9-18-14/h3-10H,1-2H3,(H,17,19).